The van der Waals surface area contributed by atoms with E-state index < -0.39 is 11.6 Å². The molecule has 0 fully saturated rings. The molecule has 22 heavy (non-hydrogen) atoms. The van der Waals surface area contributed by atoms with Crippen LogP contribution in [0.1, 0.15) is 0 Å². The molecule has 1 unspecified atom stereocenters. The Morgan fingerprint density at radius 1 is 0.955 bits per heavy atom. The molecule has 2 aromatic carbocycles. The average molecular weight is 305 g/mol. The molecule has 1 heterocycles. The highest BCUT2D eigenvalue weighted by Gasteiger charge is 2.38. The highest BCUT2D eigenvalue weighted by molar-refractivity contribution is 5.91. The summed E-state index contributed by atoms with van der Waals surface area (Å²) in [4.78, 5) is 4.08. The van der Waals surface area contributed by atoms with Gasteiger partial charge in [0.25, 0.3) is 0 Å². The molecule has 2 aromatic rings. The monoisotopic (exact) mass is 305 g/mol. The molecule has 0 N–H and O–H groups in total. The van der Waals surface area contributed by atoms with E-state index in [1.807, 2.05) is 0 Å². The maximum Gasteiger partial charge on any atom is 0.414 e. The Kier molecular flexibility index (Phi) is 3.46. The van der Waals surface area contributed by atoms with Gasteiger partial charge in [-0.2, -0.15) is 9.48 Å². The number of ether oxygens (including phenoxy) is 1. The van der Waals surface area contributed by atoms with Crippen molar-refractivity contribution in [3.8, 4) is 5.75 Å². The SMILES string of the molecule is C[N+]1(c2ccc(F)cc2F)C=CN=C1Oc1ccc(F)cc1. The van der Waals surface area contributed by atoms with Crippen LogP contribution >= 0.6 is 0 Å². The van der Waals surface area contributed by atoms with Gasteiger partial charge in [-0.15, -0.1) is 0 Å². The molecule has 6 heteroatoms. The number of halogens is 3. The molecule has 0 saturated carbocycles. The van der Waals surface area contributed by atoms with Crippen LogP contribution in [0.15, 0.2) is 59.9 Å². The third-order valence-electron chi connectivity index (χ3n) is 3.38. The number of rotatable bonds is 2. The third kappa shape index (κ3) is 2.48. The van der Waals surface area contributed by atoms with E-state index in [-0.39, 0.29) is 22.0 Å². The van der Waals surface area contributed by atoms with Gasteiger partial charge in [0.05, 0.1) is 13.2 Å². The molecular formula is C16H12F3N2O+. The highest BCUT2D eigenvalue weighted by Crippen LogP contribution is 2.30. The largest absolute Gasteiger partial charge is 0.414 e. The van der Waals surface area contributed by atoms with E-state index in [2.05, 4.69) is 4.99 Å². The van der Waals surface area contributed by atoms with Crippen molar-refractivity contribution in [2.75, 3.05) is 7.05 Å². The second kappa shape index (κ2) is 5.31. The van der Waals surface area contributed by atoms with Crippen LogP contribution in [0, 0.1) is 17.5 Å². The lowest BCUT2D eigenvalue weighted by molar-refractivity contribution is 0.442. The standard InChI is InChI=1S/C16H12F3N2O/c1-21(15-7-4-12(18)10-14(15)19)9-8-20-16(21)22-13-5-2-11(17)3-6-13/h2-10H,1H3/q+1. The van der Waals surface area contributed by atoms with Crippen molar-refractivity contribution in [3.63, 3.8) is 0 Å². The lowest BCUT2D eigenvalue weighted by atomic mass is 10.2. The summed E-state index contributed by atoms with van der Waals surface area (Å²) in [5.74, 6) is -1.38. The smallest absolute Gasteiger partial charge is 0.397 e. The molecule has 0 aliphatic carbocycles. The lowest BCUT2D eigenvalue weighted by Gasteiger charge is -2.25. The van der Waals surface area contributed by atoms with Crippen molar-refractivity contribution in [3.05, 3.63) is 72.3 Å². The fourth-order valence-electron chi connectivity index (χ4n) is 2.18. The normalized spacial score (nSPS) is 20.1. The number of hydrogen-bond acceptors (Lipinski definition) is 2. The number of hydrogen-bond donors (Lipinski definition) is 0. The summed E-state index contributed by atoms with van der Waals surface area (Å²) in [6, 6.07) is 8.89. The fraction of sp³-hybridized carbons (Fsp3) is 0.0625. The van der Waals surface area contributed by atoms with E-state index in [9.17, 15) is 13.2 Å². The molecular weight excluding hydrogens is 293 g/mol. The van der Waals surface area contributed by atoms with Gasteiger partial charge in [0.1, 0.15) is 23.6 Å². The van der Waals surface area contributed by atoms with E-state index in [0.29, 0.717) is 5.75 Å². The average Bonchev–Trinajstić information content (AvgIpc) is 2.83. The van der Waals surface area contributed by atoms with Crippen LogP contribution in [0.2, 0.25) is 0 Å². The molecule has 0 bridgehead atoms. The Hall–Kier alpha value is -2.60. The molecule has 0 saturated heterocycles. The maximum atomic E-state index is 14.1. The van der Waals surface area contributed by atoms with Crippen molar-refractivity contribution < 1.29 is 17.9 Å². The zero-order valence-corrected chi connectivity index (χ0v) is 11.6. The first-order chi connectivity index (χ1) is 10.5. The predicted molar refractivity (Wildman–Crippen MR) is 77.7 cm³/mol. The Morgan fingerprint density at radius 2 is 1.64 bits per heavy atom. The number of nitrogens with zero attached hydrogens (tertiary/aromatic N) is 2. The lowest BCUT2D eigenvalue weighted by Crippen LogP contribution is -2.47. The van der Waals surface area contributed by atoms with Gasteiger partial charge in [0.15, 0.2) is 11.5 Å². The second-order valence-electron chi connectivity index (χ2n) is 4.94. The molecule has 3 rings (SSSR count). The zero-order valence-electron chi connectivity index (χ0n) is 11.6. The Morgan fingerprint density at radius 3 is 2.32 bits per heavy atom. The van der Waals surface area contributed by atoms with Crippen LogP contribution in [0.5, 0.6) is 5.75 Å². The van der Waals surface area contributed by atoms with E-state index in [1.54, 1.807) is 13.2 Å². The summed E-state index contributed by atoms with van der Waals surface area (Å²) in [6.45, 7) is 0. The molecule has 112 valence electrons. The molecule has 3 nitrogen and oxygen atoms in total. The van der Waals surface area contributed by atoms with Gasteiger partial charge < -0.3 is 4.74 Å². The predicted octanol–water partition coefficient (Wildman–Crippen LogP) is 3.96. The highest BCUT2D eigenvalue weighted by atomic mass is 19.1. The van der Waals surface area contributed by atoms with Crippen LogP contribution < -0.4 is 9.22 Å². The van der Waals surface area contributed by atoms with Gasteiger partial charge in [0, 0.05) is 12.1 Å². The summed E-state index contributed by atoms with van der Waals surface area (Å²) in [7, 11) is 1.65. The molecule has 0 spiro atoms. The van der Waals surface area contributed by atoms with Gasteiger partial charge in [-0.1, -0.05) is 0 Å². The van der Waals surface area contributed by atoms with Crippen LogP contribution in [0.3, 0.4) is 0 Å². The van der Waals surface area contributed by atoms with Gasteiger partial charge in [0.2, 0.25) is 0 Å². The van der Waals surface area contributed by atoms with Crippen molar-refractivity contribution >= 4 is 11.7 Å². The van der Waals surface area contributed by atoms with Gasteiger partial charge >= 0.3 is 6.02 Å². The van der Waals surface area contributed by atoms with Crippen LogP contribution in [0.4, 0.5) is 18.9 Å². The summed E-state index contributed by atoms with van der Waals surface area (Å²) < 4.78 is 45.5. The van der Waals surface area contributed by atoms with Crippen LogP contribution in [-0.4, -0.2) is 13.1 Å². The number of quaternary nitrogens is 1. The first-order valence-electron chi connectivity index (χ1n) is 6.50. The summed E-state index contributed by atoms with van der Waals surface area (Å²) in [5.41, 5.74) is 0.191. The van der Waals surface area contributed by atoms with Crippen molar-refractivity contribution in [2.45, 2.75) is 0 Å². The van der Waals surface area contributed by atoms with Crippen molar-refractivity contribution in [1.82, 2.24) is 4.48 Å². The Balaban J connectivity index is 1.94. The van der Waals surface area contributed by atoms with Crippen LogP contribution in [0.25, 0.3) is 0 Å². The maximum absolute atomic E-state index is 14.1. The molecule has 1 aliphatic heterocycles. The van der Waals surface area contributed by atoms with Gasteiger partial charge in [-0.3, -0.25) is 0 Å². The molecule has 0 amide bonds. The minimum Gasteiger partial charge on any atom is -0.397 e. The molecule has 1 aliphatic rings. The van der Waals surface area contributed by atoms with Gasteiger partial charge in [-0.05, 0) is 30.3 Å². The topological polar surface area (TPSA) is 21.6 Å². The summed E-state index contributed by atoms with van der Waals surface area (Å²) in [6.07, 6.45) is 3.08. The minimum absolute atomic E-state index is 0.178. The third-order valence-corrected chi connectivity index (χ3v) is 3.38. The number of benzene rings is 2. The molecule has 1 atom stereocenters. The number of aliphatic imine (C=N–C) groups is 1. The zero-order chi connectivity index (χ0) is 15.7. The molecule has 0 aromatic heterocycles. The summed E-state index contributed by atoms with van der Waals surface area (Å²) in [5, 5.41) is 0. The minimum atomic E-state index is -0.704. The van der Waals surface area contributed by atoms with Gasteiger partial charge in [-0.25, -0.2) is 13.2 Å². The fourth-order valence-corrected chi connectivity index (χ4v) is 2.18. The van der Waals surface area contributed by atoms with Crippen molar-refractivity contribution in [1.29, 1.82) is 0 Å². The summed E-state index contributed by atoms with van der Waals surface area (Å²) >= 11 is 0. The van der Waals surface area contributed by atoms with E-state index in [4.69, 9.17) is 4.74 Å². The van der Waals surface area contributed by atoms with Crippen molar-refractivity contribution in [2.24, 2.45) is 4.99 Å². The Bertz CT molecular complexity index is 771. The first kappa shape index (κ1) is 14.3. The van der Waals surface area contributed by atoms with E-state index in [0.717, 1.165) is 6.07 Å². The van der Waals surface area contributed by atoms with Crippen LogP contribution in [-0.2, 0) is 0 Å². The molecule has 0 radical (unpaired) electrons. The Labute approximate surface area is 125 Å². The quantitative estimate of drug-likeness (QED) is 0.770. The number of amidine groups is 1. The second-order valence-corrected chi connectivity index (χ2v) is 4.94. The van der Waals surface area contributed by atoms with E-state index in [1.165, 1.54) is 42.6 Å². The van der Waals surface area contributed by atoms with E-state index >= 15 is 0 Å². The first-order valence-corrected chi connectivity index (χ1v) is 6.50.